The molecule has 4 aromatic rings. The van der Waals surface area contributed by atoms with Crippen LogP contribution in [0.4, 0.5) is 0 Å². The second-order valence-electron chi connectivity index (χ2n) is 9.12. The summed E-state index contributed by atoms with van der Waals surface area (Å²) >= 11 is 0. The smallest absolute Gasteiger partial charge is 0.309 e. The van der Waals surface area contributed by atoms with Gasteiger partial charge >= 0.3 is 5.97 Å². The molecule has 0 aromatic heterocycles. The topological polar surface area (TPSA) is 76.4 Å². The second-order valence-corrected chi connectivity index (χ2v) is 12.5. The van der Waals surface area contributed by atoms with Gasteiger partial charge in [0.1, 0.15) is 23.7 Å². The van der Waals surface area contributed by atoms with E-state index in [0.717, 1.165) is 21.5 Å². The fraction of sp³-hybridized carbons (Fsp3) is 0.152. The van der Waals surface area contributed by atoms with Crippen LogP contribution < -0.4 is 20.7 Å². The van der Waals surface area contributed by atoms with E-state index in [1.807, 2.05) is 103 Å². The molecule has 0 aliphatic rings. The van der Waals surface area contributed by atoms with E-state index < -0.39 is 18.8 Å². The van der Waals surface area contributed by atoms with E-state index in [1.165, 1.54) is 0 Å². The van der Waals surface area contributed by atoms with E-state index in [-0.39, 0.29) is 24.1 Å². The Labute approximate surface area is 229 Å². The summed E-state index contributed by atoms with van der Waals surface area (Å²) in [4.78, 5) is 26.8. The van der Waals surface area contributed by atoms with Crippen LogP contribution in [0.5, 0.6) is 5.75 Å². The number of rotatable bonds is 10. The number of benzene rings is 4. The van der Waals surface area contributed by atoms with Gasteiger partial charge in [-0.25, -0.2) is 0 Å². The SMILES string of the molecule is COc1ccc(COC(=O)[C@@H](C)CC(=O)C(C#N)=P(c2ccccc2)(c2ccccc2)c2ccccc2)cc1. The molecule has 0 saturated heterocycles. The molecule has 0 fully saturated rings. The number of nitrogens with zero attached hydrogens (tertiary/aromatic N) is 1. The Kier molecular flexibility index (Phi) is 9.15. The summed E-state index contributed by atoms with van der Waals surface area (Å²) in [6, 6.07) is 38.7. The van der Waals surface area contributed by atoms with E-state index in [4.69, 9.17) is 9.47 Å². The van der Waals surface area contributed by atoms with Gasteiger partial charge in [-0.2, -0.15) is 5.26 Å². The van der Waals surface area contributed by atoms with Gasteiger partial charge in [-0.1, -0.05) is 110 Å². The molecule has 0 radical (unpaired) electrons. The Morgan fingerprint density at radius 1 is 0.769 bits per heavy atom. The van der Waals surface area contributed by atoms with E-state index in [9.17, 15) is 14.9 Å². The van der Waals surface area contributed by atoms with Crippen molar-refractivity contribution in [3.8, 4) is 11.8 Å². The van der Waals surface area contributed by atoms with Gasteiger partial charge in [0.15, 0.2) is 5.78 Å². The number of esters is 1. The highest BCUT2D eigenvalue weighted by Gasteiger charge is 2.34. The van der Waals surface area contributed by atoms with Crippen molar-refractivity contribution < 1.29 is 19.1 Å². The van der Waals surface area contributed by atoms with Crippen LogP contribution in [-0.2, 0) is 20.9 Å². The Hall–Kier alpha value is -4.39. The normalized spacial score (nSPS) is 11.6. The van der Waals surface area contributed by atoms with Gasteiger partial charge in [0.25, 0.3) is 0 Å². The zero-order valence-electron chi connectivity index (χ0n) is 22.0. The molecular weight excluding hydrogens is 505 g/mol. The van der Waals surface area contributed by atoms with E-state index in [2.05, 4.69) is 6.07 Å². The molecule has 1 atom stereocenters. The summed E-state index contributed by atoms with van der Waals surface area (Å²) in [5.41, 5.74) is 0.814. The highest BCUT2D eigenvalue weighted by atomic mass is 31.2. The lowest BCUT2D eigenvalue weighted by atomic mass is 10.0. The number of methoxy groups -OCH3 is 1. The summed E-state index contributed by atoms with van der Waals surface area (Å²) in [7, 11) is 1.59. The number of nitriles is 1. The Morgan fingerprint density at radius 3 is 1.64 bits per heavy atom. The molecule has 0 unspecified atom stereocenters. The van der Waals surface area contributed by atoms with Crippen molar-refractivity contribution in [3.63, 3.8) is 0 Å². The molecule has 6 heteroatoms. The number of Topliss-reactive ketones (excluding diaryl/α,β-unsaturated/α-hetero) is 1. The first-order valence-corrected chi connectivity index (χ1v) is 14.5. The average Bonchev–Trinajstić information content (AvgIpc) is 3.00. The van der Waals surface area contributed by atoms with Crippen LogP contribution in [0.3, 0.4) is 0 Å². The zero-order valence-corrected chi connectivity index (χ0v) is 22.9. The zero-order chi connectivity index (χ0) is 27.7. The lowest BCUT2D eigenvalue weighted by molar-refractivity contribution is -0.150. The quantitative estimate of drug-likeness (QED) is 0.211. The maximum absolute atomic E-state index is 13.9. The van der Waals surface area contributed by atoms with Gasteiger partial charge in [0, 0.05) is 6.42 Å². The number of ketones is 1. The van der Waals surface area contributed by atoms with Gasteiger partial charge in [-0.15, -0.1) is 0 Å². The summed E-state index contributed by atoms with van der Waals surface area (Å²) < 4.78 is 10.7. The van der Waals surface area contributed by atoms with Crippen molar-refractivity contribution in [1.82, 2.24) is 0 Å². The first-order valence-electron chi connectivity index (χ1n) is 12.7. The molecular formula is C33H30NO4P. The fourth-order valence-corrected chi connectivity index (χ4v) is 8.73. The number of carbonyl (C=O) groups excluding carboxylic acids is 2. The molecule has 4 aromatic carbocycles. The lowest BCUT2D eigenvalue weighted by Crippen LogP contribution is -2.34. The minimum Gasteiger partial charge on any atom is -0.497 e. The maximum atomic E-state index is 13.9. The molecule has 39 heavy (non-hydrogen) atoms. The summed E-state index contributed by atoms with van der Waals surface area (Å²) in [5.74, 6) is -0.843. The summed E-state index contributed by atoms with van der Waals surface area (Å²) in [5, 5.41) is 13.4. The molecule has 0 bridgehead atoms. The molecule has 0 spiro atoms. The third kappa shape index (κ3) is 6.03. The molecule has 0 saturated carbocycles. The number of carbonyl (C=O) groups is 2. The first-order chi connectivity index (χ1) is 19.0. The standard InChI is InChI=1S/C33H30NO4P/c1-25(33(36)38-24-26-18-20-27(37-2)21-19-26)22-31(35)32(23-34)39(28-12-6-3-7-13-28,29-14-8-4-9-15-29)30-16-10-5-11-17-30/h3-21,25H,22,24H2,1-2H3/t25-/m0/s1. The highest BCUT2D eigenvalue weighted by Crippen LogP contribution is 2.46. The Morgan fingerprint density at radius 2 is 1.23 bits per heavy atom. The molecule has 5 nitrogen and oxygen atoms in total. The van der Waals surface area contributed by atoms with Crippen LogP contribution in [0.1, 0.15) is 18.9 Å². The van der Waals surface area contributed by atoms with Gasteiger partial charge in [-0.05, 0) is 40.5 Å². The Bertz CT molecular complexity index is 1410. The predicted octanol–water partition coefficient (Wildman–Crippen LogP) is 5.02. The van der Waals surface area contributed by atoms with E-state index in [1.54, 1.807) is 26.2 Å². The van der Waals surface area contributed by atoms with E-state index in [0.29, 0.717) is 5.75 Å². The van der Waals surface area contributed by atoms with Crippen LogP contribution in [0.15, 0.2) is 115 Å². The van der Waals surface area contributed by atoms with Crippen molar-refractivity contribution in [2.45, 2.75) is 20.0 Å². The van der Waals surface area contributed by atoms with Crippen LogP contribution in [-0.4, -0.2) is 24.2 Å². The Balaban J connectivity index is 1.73. The van der Waals surface area contributed by atoms with Crippen LogP contribution in [0.2, 0.25) is 0 Å². The average molecular weight is 536 g/mol. The van der Waals surface area contributed by atoms with Gasteiger partial charge in [0.05, 0.1) is 13.0 Å². The molecule has 0 N–H and O–H groups in total. The van der Waals surface area contributed by atoms with Gasteiger partial charge in [0.2, 0.25) is 0 Å². The number of hydrogen-bond acceptors (Lipinski definition) is 5. The molecule has 196 valence electrons. The van der Waals surface area contributed by atoms with Crippen LogP contribution in [0.25, 0.3) is 0 Å². The highest BCUT2D eigenvalue weighted by molar-refractivity contribution is 7.96. The summed E-state index contributed by atoms with van der Waals surface area (Å²) in [6.07, 6.45) is -0.126. The van der Waals surface area contributed by atoms with Crippen LogP contribution >= 0.6 is 6.89 Å². The largest absolute Gasteiger partial charge is 0.497 e. The third-order valence-corrected chi connectivity index (χ3v) is 10.8. The van der Waals surface area contributed by atoms with E-state index >= 15 is 0 Å². The van der Waals surface area contributed by atoms with Crippen LogP contribution in [0, 0.1) is 17.2 Å². The minimum absolute atomic E-state index is 0.0885. The molecule has 4 rings (SSSR count). The molecule has 0 heterocycles. The third-order valence-electron chi connectivity index (χ3n) is 6.57. The lowest BCUT2D eigenvalue weighted by Gasteiger charge is -2.30. The van der Waals surface area contributed by atoms with Crippen molar-refractivity contribution in [2.75, 3.05) is 7.11 Å². The van der Waals surface area contributed by atoms with Crippen molar-refractivity contribution in [3.05, 3.63) is 121 Å². The second kappa shape index (κ2) is 12.9. The first kappa shape index (κ1) is 27.6. The number of hydrogen-bond donors (Lipinski definition) is 0. The number of ether oxygens (including phenoxy) is 2. The molecule has 0 aliphatic heterocycles. The van der Waals surface area contributed by atoms with Crippen molar-refractivity contribution in [1.29, 1.82) is 5.26 Å². The molecule has 0 aliphatic carbocycles. The predicted molar refractivity (Wildman–Crippen MR) is 157 cm³/mol. The minimum atomic E-state index is -2.84. The maximum Gasteiger partial charge on any atom is 0.309 e. The summed E-state index contributed by atoms with van der Waals surface area (Å²) in [6.45, 7) is -1.08. The fourth-order valence-electron chi connectivity index (χ4n) is 4.59. The monoisotopic (exact) mass is 535 g/mol. The van der Waals surface area contributed by atoms with Crippen molar-refractivity contribution in [2.24, 2.45) is 5.92 Å². The van der Waals surface area contributed by atoms with Crippen molar-refractivity contribution >= 4 is 39.8 Å². The van der Waals surface area contributed by atoms with Gasteiger partial charge < -0.3 is 9.47 Å². The van der Waals surface area contributed by atoms with Gasteiger partial charge in [-0.3, -0.25) is 9.59 Å². The molecule has 0 amide bonds.